The highest BCUT2D eigenvalue weighted by Crippen LogP contribution is 2.42. The summed E-state index contributed by atoms with van der Waals surface area (Å²) in [7, 11) is 0. The Morgan fingerprint density at radius 2 is 1.86 bits per heavy atom. The second-order valence-electron chi connectivity index (χ2n) is 7.97. The van der Waals surface area contributed by atoms with E-state index < -0.39 is 11.6 Å². The maximum absolute atomic E-state index is 12.9. The lowest BCUT2D eigenvalue weighted by molar-refractivity contribution is -0.148. The second-order valence-corrected chi connectivity index (χ2v) is 7.97. The molecule has 0 aromatic heterocycles. The van der Waals surface area contributed by atoms with Crippen molar-refractivity contribution in [3.63, 3.8) is 0 Å². The third kappa shape index (κ3) is 4.78. The van der Waals surface area contributed by atoms with Gasteiger partial charge in [-0.25, -0.2) is 4.79 Å². The number of carbonyl (C=O) groups excluding carboxylic acids is 2. The maximum atomic E-state index is 12.9. The number of ether oxygens (including phenoxy) is 2. The van der Waals surface area contributed by atoms with Crippen LogP contribution in [0, 0.1) is 5.41 Å². The van der Waals surface area contributed by atoms with Crippen LogP contribution < -0.4 is 0 Å². The predicted molar refractivity (Wildman–Crippen MR) is 109 cm³/mol. The van der Waals surface area contributed by atoms with Crippen LogP contribution in [-0.4, -0.2) is 35.7 Å². The lowest BCUT2D eigenvalue weighted by atomic mass is 9.70. The number of ketones is 1. The van der Waals surface area contributed by atoms with E-state index in [1.54, 1.807) is 37.3 Å². The molecule has 28 heavy (non-hydrogen) atoms. The summed E-state index contributed by atoms with van der Waals surface area (Å²) in [6.07, 6.45) is 3.54. The van der Waals surface area contributed by atoms with E-state index in [1.165, 1.54) is 0 Å². The molecule has 5 heteroatoms. The summed E-state index contributed by atoms with van der Waals surface area (Å²) in [6, 6.07) is 8.96. The van der Waals surface area contributed by atoms with Crippen LogP contribution in [0.15, 0.2) is 60.2 Å². The van der Waals surface area contributed by atoms with Gasteiger partial charge in [0.15, 0.2) is 5.78 Å². The van der Waals surface area contributed by atoms with Gasteiger partial charge in [-0.1, -0.05) is 63.8 Å². The molecular formula is C23H28O5. The summed E-state index contributed by atoms with van der Waals surface area (Å²) in [5.41, 5.74) is -0.0646. The van der Waals surface area contributed by atoms with Crippen LogP contribution in [0.3, 0.4) is 0 Å². The number of hydrogen-bond acceptors (Lipinski definition) is 5. The molecule has 1 aromatic rings. The lowest BCUT2D eigenvalue weighted by Crippen LogP contribution is -2.48. The van der Waals surface area contributed by atoms with Crippen molar-refractivity contribution in [3.05, 3.63) is 65.8 Å². The van der Waals surface area contributed by atoms with E-state index in [-0.39, 0.29) is 42.2 Å². The van der Waals surface area contributed by atoms with Gasteiger partial charge in [-0.05, 0) is 18.4 Å². The van der Waals surface area contributed by atoms with Crippen molar-refractivity contribution in [1.82, 2.24) is 0 Å². The highest BCUT2D eigenvalue weighted by atomic mass is 16.6. The van der Waals surface area contributed by atoms with E-state index in [2.05, 4.69) is 6.58 Å². The van der Waals surface area contributed by atoms with Gasteiger partial charge in [0.2, 0.25) is 0 Å². The number of hydrogen-bond donors (Lipinski definition) is 1. The monoisotopic (exact) mass is 384 g/mol. The first-order chi connectivity index (χ1) is 13.1. The van der Waals surface area contributed by atoms with Gasteiger partial charge in [0.05, 0.1) is 17.8 Å². The van der Waals surface area contributed by atoms with E-state index in [0.29, 0.717) is 11.1 Å². The minimum absolute atomic E-state index is 0.0419. The molecule has 150 valence electrons. The Hall–Kier alpha value is -2.66. The van der Waals surface area contributed by atoms with Crippen LogP contribution in [0.1, 0.15) is 39.7 Å². The van der Waals surface area contributed by atoms with E-state index in [9.17, 15) is 14.7 Å². The van der Waals surface area contributed by atoms with Crippen LogP contribution in [-0.2, 0) is 19.1 Å². The molecule has 0 spiro atoms. The number of rotatable bonds is 6. The molecule has 1 aromatic carbocycles. The van der Waals surface area contributed by atoms with Gasteiger partial charge >= 0.3 is 5.97 Å². The molecule has 0 bridgehead atoms. The normalized spacial score (nSPS) is 21.4. The zero-order valence-electron chi connectivity index (χ0n) is 17.0. The van der Waals surface area contributed by atoms with E-state index in [0.717, 1.165) is 0 Å². The van der Waals surface area contributed by atoms with E-state index in [1.807, 2.05) is 32.9 Å². The van der Waals surface area contributed by atoms with Crippen LogP contribution in [0.5, 0.6) is 0 Å². The maximum Gasteiger partial charge on any atom is 0.333 e. The molecule has 1 N–H and O–H groups in total. The molecule has 0 amide bonds. The Morgan fingerprint density at radius 1 is 1.21 bits per heavy atom. The average Bonchev–Trinajstić information content (AvgIpc) is 2.64. The smallest absolute Gasteiger partial charge is 0.333 e. The number of esters is 1. The molecule has 1 aliphatic rings. The summed E-state index contributed by atoms with van der Waals surface area (Å²) in [5, 5.41) is 10.5. The molecular weight excluding hydrogens is 356 g/mol. The van der Waals surface area contributed by atoms with Crippen molar-refractivity contribution < 1.29 is 24.2 Å². The summed E-state index contributed by atoms with van der Waals surface area (Å²) >= 11 is 0. The third-order valence-electron chi connectivity index (χ3n) is 4.84. The fourth-order valence-corrected chi connectivity index (χ4v) is 2.98. The highest BCUT2D eigenvalue weighted by molar-refractivity contribution is 6.05. The summed E-state index contributed by atoms with van der Waals surface area (Å²) in [4.78, 5) is 24.4. The van der Waals surface area contributed by atoms with Crippen molar-refractivity contribution in [3.8, 4) is 0 Å². The van der Waals surface area contributed by atoms with Gasteiger partial charge < -0.3 is 14.6 Å². The third-order valence-corrected chi connectivity index (χ3v) is 4.84. The van der Waals surface area contributed by atoms with E-state index >= 15 is 0 Å². The van der Waals surface area contributed by atoms with Gasteiger partial charge in [-0.2, -0.15) is 0 Å². The molecule has 1 aliphatic carbocycles. The standard InChI is InChI=1S/C23H28O5/c1-16(2)21(26)27-13-14-28-23(22(3,4)5)12-11-18(19(24)15-23)20(25)17-9-7-6-8-10-17/h6-12,25H,1,13-15H2,2-5H3. The molecule has 0 heterocycles. The van der Waals surface area contributed by atoms with Crippen molar-refractivity contribution >= 4 is 17.5 Å². The number of aliphatic hydroxyl groups is 1. The molecule has 0 fully saturated rings. The Balaban J connectivity index is 2.22. The van der Waals surface area contributed by atoms with Crippen LogP contribution in [0.4, 0.5) is 0 Å². The predicted octanol–water partition coefficient (Wildman–Crippen LogP) is 4.41. The first-order valence-corrected chi connectivity index (χ1v) is 9.25. The largest absolute Gasteiger partial charge is 0.507 e. The van der Waals surface area contributed by atoms with Gasteiger partial charge in [-0.15, -0.1) is 0 Å². The summed E-state index contributed by atoms with van der Waals surface area (Å²) in [6.45, 7) is 11.3. The number of aliphatic hydroxyl groups excluding tert-OH is 1. The zero-order chi connectivity index (χ0) is 20.9. The Kier molecular flexibility index (Phi) is 6.62. The van der Waals surface area contributed by atoms with Crippen LogP contribution in [0.2, 0.25) is 0 Å². The Bertz CT molecular complexity index is 811. The SMILES string of the molecule is C=C(C)C(=O)OCCOC1(C(C)(C)C)C=CC(=C(O)c2ccccc2)C(=O)C1. The number of allylic oxidation sites excluding steroid dienone is 2. The zero-order valence-corrected chi connectivity index (χ0v) is 17.0. The molecule has 0 aliphatic heterocycles. The molecule has 0 radical (unpaired) electrons. The second kappa shape index (κ2) is 8.57. The average molecular weight is 384 g/mol. The molecule has 0 saturated heterocycles. The number of Topliss-reactive ketones (excluding diaryl/α,β-unsaturated/α-hetero) is 1. The summed E-state index contributed by atoms with van der Waals surface area (Å²) < 4.78 is 11.1. The minimum atomic E-state index is -0.861. The van der Waals surface area contributed by atoms with Gasteiger partial charge in [0.25, 0.3) is 0 Å². The summed E-state index contributed by atoms with van der Waals surface area (Å²) in [5.74, 6) is -0.709. The van der Waals surface area contributed by atoms with Crippen LogP contribution in [0.25, 0.3) is 5.76 Å². The Morgan fingerprint density at radius 3 is 2.39 bits per heavy atom. The molecule has 0 saturated carbocycles. The highest BCUT2D eigenvalue weighted by Gasteiger charge is 2.45. The van der Waals surface area contributed by atoms with Crippen molar-refractivity contribution in [2.45, 2.75) is 39.7 Å². The fraction of sp³-hybridized carbons (Fsp3) is 0.391. The van der Waals surface area contributed by atoms with Crippen molar-refractivity contribution in [1.29, 1.82) is 0 Å². The first kappa shape index (κ1) is 21.6. The van der Waals surface area contributed by atoms with Gasteiger partial charge in [0, 0.05) is 17.6 Å². The quantitative estimate of drug-likeness (QED) is 0.340. The molecule has 2 rings (SSSR count). The number of benzene rings is 1. The molecule has 5 nitrogen and oxygen atoms in total. The van der Waals surface area contributed by atoms with Crippen molar-refractivity contribution in [2.24, 2.45) is 5.41 Å². The Labute approximate surface area is 166 Å². The molecule has 1 unspecified atom stereocenters. The van der Waals surface area contributed by atoms with Gasteiger partial charge in [0.1, 0.15) is 12.4 Å². The fourth-order valence-electron chi connectivity index (χ4n) is 2.98. The van der Waals surface area contributed by atoms with Gasteiger partial charge in [-0.3, -0.25) is 4.79 Å². The minimum Gasteiger partial charge on any atom is -0.507 e. The van der Waals surface area contributed by atoms with E-state index in [4.69, 9.17) is 9.47 Å². The first-order valence-electron chi connectivity index (χ1n) is 9.25. The van der Waals surface area contributed by atoms with Crippen molar-refractivity contribution in [2.75, 3.05) is 13.2 Å². The van der Waals surface area contributed by atoms with Crippen LogP contribution >= 0.6 is 0 Å². The topological polar surface area (TPSA) is 72.8 Å². The molecule has 1 atom stereocenters. The lowest BCUT2D eigenvalue weighted by Gasteiger charge is -2.43. The number of carbonyl (C=O) groups is 2.